The molecule has 16 heavy (non-hydrogen) atoms. The zero-order chi connectivity index (χ0) is 11.6. The Kier molecular flexibility index (Phi) is 3.30. The van der Waals surface area contributed by atoms with Gasteiger partial charge < -0.3 is 14.6 Å². The van der Waals surface area contributed by atoms with Crippen LogP contribution < -0.4 is 9.47 Å². The van der Waals surface area contributed by atoms with Gasteiger partial charge in [0, 0.05) is 17.9 Å². The molecule has 0 amide bonds. The van der Waals surface area contributed by atoms with Crippen LogP contribution in [0.1, 0.15) is 5.56 Å². The Morgan fingerprint density at radius 3 is 2.44 bits per heavy atom. The van der Waals surface area contributed by atoms with Gasteiger partial charge in [0.15, 0.2) is 11.5 Å². The van der Waals surface area contributed by atoms with Crippen LogP contribution in [0, 0.1) is 0 Å². The van der Waals surface area contributed by atoms with E-state index in [1.165, 1.54) is 0 Å². The summed E-state index contributed by atoms with van der Waals surface area (Å²) in [6.45, 7) is 0. The van der Waals surface area contributed by atoms with Crippen LogP contribution in [0.2, 0.25) is 0 Å². The van der Waals surface area contributed by atoms with Crippen LogP contribution in [0.3, 0.4) is 0 Å². The predicted octanol–water partition coefficient (Wildman–Crippen LogP) is 1.72. The van der Waals surface area contributed by atoms with Crippen molar-refractivity contribution in [2.24, 2.45) is 0 Å². The zero-order valence-electron chi connectivity index (χ0n) is 9.53. The molecule has 0 saturated carbocycles. The quantitative estimate of drug-likeness (QED) is 0.870. The van der Waals surface area contributed by atoms with Gasteiger partial charge in [0.2, 0.25) is 0 Å². The van der Waals surface area contributed by atoms with Crippen LogP contribution >= 0.6 is 11.8 Å². The summed E-state index contributed by atoms with van der Waals surface area (Å²) >= 11 is 1.77. The molecule has 1 heterocycles. The van der Waals surface area contributed by atoms with Crippen molar-refractivity contribution in [1.29, 1.82) is 0 Å². The second kappa shape index (κ2) is 4.55. The fourth-order valence-corrected chi connectivity index (χ4v) is 2.69. The van der Waals surface area contributed by atoms with Gasteiger partial charge in [-0.1, -0.05) is 6.07 Å². The molecule has 2 rings (SSSR count). The molecule has 3 nitrogen and oxygen atoms in total. The zero-order valence-corrected chi connectivity index (χ0v) is 10.3. The summed E-state index contributed by atoms with van der Waals surface area (Å²) in [4.78, 5) is 0. The minimum absolute atomic E-state index is 0.524. The molecule has 88 valence electrons. The number of rotatable bonds is 4. The molecule has 0 spiro atoms. The maximum absolute atomic E-state index is 10.1. The van der Waals surface area contributed by atoms with Crippen molar-refractivity contribution in [1.82, 2.24) is 0 Å². The fourth-order valence-electron chi connectivity index (χ4n) is 1.81. The molecule has 4 heteroatoms. The van der Waals surface area contributed by atoms with E-state index in [0.717, 1.165) is 28.6 Å². The average Bonchev–Trinajstić information content (AvgIpc) is 2.26. The molecule has 1 fully saturated rings. The highest BCUT2D eigenvalue weighted by atomic mass is 32.2. The van der Waals surface area contributed by atoms with Crippen molar-refractivity contribution in [2.45, 2.75) is 12.0 Å². The number of aliphatic hydroxyl groups is 1. The van der Waals surface area contributed by atoms with Crippen molar-refractivity contribution in [3.8, 4) is 11.5 Å². The number of benzene rings is 1. The first-order valence-electron chi connectivity index (χ1n) is 5.18. The molecule has 0 atom stereocenters. The first kappa shape index (κ1) is 11.6. The summed E-state index contributed by atoms with van der Waals surface area (Å²) in [7, 11) is 3.24. The Morgan fingerprint density at radius 1 is 1.25 bits per heavy atom. The minimum Gasteiger partial charge on any atom is -0.493 e. The molecule has 0 radical (unpaired) electrons. The highest BCUT2D eigenvalue weighted by Gasteiger charge is 2.35. The summed E-state index contributed by atoms with van der Waals surface area (Å²) in [6, 6.07) is 5.78. The predicted molar refractivity (Wildman–Crippen MR) is 65.5 cm³/mol. The lowest BCUT2D eigenvalue weighted by Crippen LogP contribution is -2.45. The van der Waals surface area contributed by atoms with Crippen molar-refractivity contribution in [3.05, 3.63) is 23.8 Å². The molecule has 0 aromatic heterocycles. The summed E-state index contributed by atoms with van der Waals surface area (Å²) < 4.78 is 10.4. The molecule has 1 aliphatic rings. The van der Waals surface area contributed by atoms with Crippen LogP contribution in [0.25, 0.3) is 0 Å². The normalized spacial score (nSPS) is 17.7. The van der Waals surface area contributed by atoms with E-state index < -0.39 is 5.60 Å². The van der Waals surface area contributed by atoms with E-state index in [4.69, 9.17) is 9.47 Å². The maximum atomic E-state index is 10.1. The molecular weight excluding hydrogens is 224 g/mol. The van der Waals surface area contributed by atoms with Gasteiger partial charge in [-0.3, -0.25) is 0 Å². The average molecular weight is 240 g/mol. The molecule has 1 aromatic rings. The molecule has 0 unspecified atom stereocenters. The number of thioether (sulfide) groups is 1. The van der Waals surface area contributed by atoms with Crippen LogP contribution in [0.5, 0.6) is 11.5 Å². The smallest absolute Gasteiger partial charge is 0.160 e. The van der Waals surface area contributed by atoms with Gasteiger partial charge in [0.05, 0.1) is 19.8 Å². The van der Waals surface area contributed by atoms with Crippen LogP contribution in [-0.4, -0.2) is 36.4 Å². The van der Waals surface area contributed by atoms with Gasteiger partial charge in [-0.25, -0.2) is 0 Å². The van der Waals surface area contributed by atoms with E-state index in [1.807, 2.05) is 18.2 Å². The van der Waals surface area contributed by atoms with Crippen molar-refractivity contribution < 1.29 is 14.6 Å². The Labute approximate surface area is 99.8 Å². The van der Waals surface area contributed by atoms with E-state index in [-0.39, 0.29) is 0 Å². The minimum atomic E-state index is -0.524. The van der Waals surface area contributed by atoms with Crippen molar-refractivity contribution >= 4 is 11.8 Å². The summed E-state index contributed by atoms with van der Waals surface area (Å²) in [6.07, 6.45) is 0.681. The first-order valence-corrected chi connectivity index (χ1v) is 6.33. The SMILES string of the molecule is COc1ccc(CC2(O)CSC2)cc1OC. The summed E-state index contributed by atoms with van der Waals surface area (Å²) in [5.41, 5.74) is 0.560. The third-order valence-electron chi connectivity index (χ3n) is 2.72. The lowest BCUT2D eigenvalue weighted by molar-refractivity contribution is 0.0792. The van der Waals surface area contributed by atoms with Crippen molar-refractivity contribution in [3.63, 3.8) is 0 Å². The van der Waals surface area contributed by atoms with Gasteiger partial charge in [-0.15, -0.1) is 0 Å². The second-order valence-electron chi connectivity index (χ2n) is 4.08. The third-order valence-corrected chi connectivity index (χ3v) is 4.21. The Balaban J connectivity index is 2.15. The van der Waals surface area contributed by atoms with Gasteiger partial charge in [-0.05, 0) is 17.7 Å². The highest BCUT2D eigenvalue weighted by molar-refractivity contribution is 8.00. The number of hydrogen-bond donors (Lipinski definition) is 1. The van der Waals surface area contributed by atoms with Crippen molar-refractivity contribution in [2.75, 3.05) is 25.7 Å². The maximum Gasteiger partial charge on any atom is 0.160 e. The number of ether oxygens (including phenoxy) is 2. The molecule has 1 aliphatic heterocycles. The highest BCUT2D eigenvalue weighted by Crippen LogP contribution is 2.34. The van der Waals surface area contributed by atoms with E-state index in [9.17, 15) is 5.11 Å². The molecule has 1 saturated heterocycles. The van der Waals surface area contributed by atoms with E-state index >= 15 is 0 Å². The van der Waals surface area contributed by atoms with E-state index in [1.54, 1.807) is 26.0 Å². The van der Waals surface area contributed by atoms with Gasteiger partial charge in [-0.2, -0.15) is 11.8 Å². The fraction of sp³-hybridized carbons (Fsp3) is 0.500. The molecule has 1 aromatic carbocycles. The third kappa shape index (κ3) is 2.28. The van der Waals surface area contributed by atoms with Crippen LogP contribution in [0.15, 0.2) is 18.2 Å². The molecule has 0 aliphatic carbocycles. The summed E-state index contributed by atoms with van der Waals surface area (Å²) in [5.74, 6) is 3.08. The second-order valence-corrected chi connectivity index (χ2v) is 5.07. The Morgan fingerprint density at radius 2 is 1.94 bits per heavy atom. The Bertz CT molecular complexity index is 375. The first-order chi connectivity index (χ1) is 7.67. The molecule has 0 bridgehead atoms. The lowest BCUT2D eigenvalue weighted by atomic mass is 9.97. The number of methoxy groups -OCH3 is 2. The lowest BCUT2D eigenvalue weighted by Gasteiger charge is -2.36. The van der Waals surface area contributed by atoms with Gasteiger partial charge >= 0.3 is 0 Å². The number of hydrogen-bond acceptors (Lipinski definition) is 4. The van der Waals surface area contributed by atoms with Crippen LogP contribution in [0.4, 0.5) is 0 Å². The topological polar surface area (TPSA) is 38.7 Å². The molecule has 1 N–H and O–H groups in total. The van der Waals surface area contributed by atoms with E-state index in [0.29, 0.717) is 6.42 Å². The Hall–Kier alpha value is -0.870. The van der Waals surface area contributed by atoms with E-state index in [2.05, 4.69) is 0 Å². The summed E-state index contributed by atoms with van der Waals surface area (Å²) in [5, 5.41) is 10.1. The van der Waals surface area contributed by atoms with Crippen LogP contribution in [-0.2, 0) is 6.42 Å². The van der Waals surface area contributed by atoms with Gasteiger partial charge in [0.1, 0.15) is 0 Å². The van der Waals surface area contributed by atoms with Gasteiger partial charge in [0.25, 0.3) is 0 Å². The largest absolute Gasteiger partial charge is 0.493 e. The standard InChI is InChI=1S/C12H16O3S/c1-14-10-4-3-9(5-11(10)15-2)6-12(13)7-16-8-12/h3-5,13H,6-8H2,1-2H3. The monoisotopic (exact) mass is 240 g/mol. The molecular formula is C12H16O3S.